The van der Waals surface area contributed by atoms with Gasteiger partial charge in [0.15, 0.2) is 6.10 Å². The number of ether oxygens (including phenoxy) is 1. The first-order valence-electron chi connectivity index (χ1n) is 5.35. The molecule has 17 heavy (non-hydrogen) atoms. The summed E-state index contributed by atoms with van der Waals surface area (Å²) in [5.41, 5.74) is 1.43. The number of methoxy groups -OCH3 is 1. The SMILES string of the molecule is COC(=O)C(O)c1cccc(N2C=NCC2)c1. The van der Waals surface area contributed by atoms with Crippen molar-refractivity contribution in [2.45, 2.75) is 6.10 Å². The average Bonchev–Trinajstić information content (AvgIpc) is 2.91. The zero-order valence-electron chi connectivity index (χ0n) is 9.54. The van der Waals surface area contributed by atoms with E-state index in [9.17, 15) is 9.90 Å². The molecule has 1 aromatic carbocycles. The summed E-state index contributed by atoms with van der Waals surface area (Å²) in [4.78, 5) is 17.3. The van der Waals surface area contributed by atoms with Crippen LogP contribution in [0.25, 0.3) is 0 Å². The van der Waals surface area contributed by atoms with Crippen LogP contribution in [0.1, 0.15) is 11.7 Å². The largest absolute Gasteiger partial charge is 0.467 e. The van der Waals surface area contributed by atoms with Gasteiger partial charge in [0.25, 0.3) is 0 Å². The molecule has 0 bridgehead atoms. The molecule has 0 radical (unpaired) electrons. The highest BCUT2D eigenvalue weighted by molar-refractivity contribution is 5.82. The quantitative estimate of drug-likeness (QED) is 0.784. The number of aliphatic imine (C=N–C) groups is 1. The molecule has 2 rings (SSSR count). The van der Waals surface area contributed by atoms with Gasteiger partial charge in [-0.2, -0.15) is 0 Å². The lowest BCUT2D eigenvalue weighted by Gasteiger charge is -2.16. The molecule has 1 aromatic rings. The van der Waals surface area contributed by atoms with E-state index in [1.165, 1.54) is 7.11 Å². The Bertz CT molecular complexity index is 445. The smallest absolute Gasteiger partial charge is 0.339 e. The molecule has 0 amide bonds. The van der Waals surface area contributed by atoms with Gasteiger partial charge in [-0.15, -0.1) is 0 Å². The Kier molecular flexibility index (Phi) is 3.39. The Labute approximate surface area is 99.3 Å². The molecule has 0 aromatic heterocycles. The monoisotopic (exact) mass is 234 g/mol. The van der Waals surface area contributed by atoms with E-state index in [2.05, 4.69) is 9.73 Å². The van der Waals surface area contributed by atoms with Crippen molar-refractivity contribution in [1.29, 1.82) is 0 Å². The van der Waals surface area contributed by atoms with Gasteiger partial charge in [-0.25, -0.2) is 4.79 Å². The van der Waals surface area contributed by atoms with Crippen molar-refractivity contribution in [3.05, 3.63) is 29.8 Å². The first-order valence-corrected chi connectivity index (χ1v) is 5.35. The fourth-order valence-corrected chi connectivity index (χ4v) is 1.70. The number of aliphatic hydroxyl groups is 1. The minimum atomic E-state index is -1.24. The van der Waals surface area contributed by atoms with Gasteiger partial charge >= 0.3 is 5.97 Å². The predicted octanol–water partition coefficient (Wildman–Crippen LogP) is 0.741. The van der Waals surface area contributed by atoms with E-state index in [4.69, 9.17) is 0 Å². The van der Waals surface area contributed by atoms with Gasteiger partial charge in [0.1, 0.15) is 0 Å². The van der Waals surface area contributed by atoms with E-state index >= 15 is 0 Å². The van der Waals surface area contributed by atoms with Gasteiger partial charge in [-0.3, -0.25) is 4.99 Å². The van der Waals surface area contributed by atoms with E-state index in [0.717, 1.165) is 18.8 Å². The standard InChI is InChI=1S/C12H14N2O3/c1-17-12(16)11(15)9-3-2-4-10(7-9)14-6-5-13-8-14/h2-4,7-8,11,15H,5-6H2,1H3. The summed E-state index contributed by atoms with van der Waals surface area (Å²) >= 11 is 0. The minimum absolute atomic E-state index is 0.523. The Hall–Kier alpha value is -1.88. The highest BCUT2D eigenvalue weighted by Gasteiger charge is 2.19. The molecule has 0 spiro atoms. The van der Waals surface area contributed by atoms with Crippen molar-refractivity contribution in [2.24, 2.45) is 4.99 Å². The maximum absolute atomic E-state index is 11.2. The highest BCUT2D eigenvalue weighted by Crippen LogP contribution is 2.21. The summed E-state index contributed by atoms with van der Waals surface area (Å²) in [7, 11) is 1.25. The molecular weight excluding hydrogens is 220 g/mol. The van der Waals surface area contributed by atoms with Crippen LogP contribution < -0.4 is 4.90 Å². The number of benzene rings is 1. The molecule has 1 atom stereocenters. The maximum atomic E-state index is 11.2. The molecular formula is C12H14N2O3. The lowest BCUT2D eigenvalue weighted by atomic mass is 10.1. The lowest BCUT2D eigenvalue weighted by Crippen LogP contribution is -2.19. The Balaban J connectivity index is 2.21. The molecule has 0 aliphatic carbocycles. The van der Waals surface area contributed by atoms with Gasteiger partial charge in [0, 0.05) is 12.2 Å². The Morgan fingerprint density at radius 2 is 2.41 bits per heavy atom. The van der Waals surface area contributed by atoms with E-state index in [1.54, 1.807) is 24.5 Å². The van der Waals surface area contributed by atoms with E-state index < -0.39 is 12.1 Å². The molecule has 1 heterocycles. The van der Waals surface area contributed by atoms with Crippen LogP contribution in [0.15, 0.2) is 29.3 Å². The van der Waals surface area contributed by atoms with Gasteiger partial charge in [-0.1, -0.05) is 12.1 Å². The second-order valence-corrected chi connectivity index (χ2v) is 3.74. The summed E-state index contributed by atoms with van der Waals surface area (Å²) in [5, 5.41) is 9.73. The van der Waals surface area contributed by atoms with Gasteiger partial charge in [0.05, 0.1) is 20.0 Å². The molecule has 5 nitrogen and oxygen atoms in total. The number of hydrogen-bond acceptors (Lipinski definition) is 5. The molecule has 1 aliphatic rings. The first kappa shape index (κ1) is 11.6. The van der Waals surface area contributed by atoms with Crippen LogP contribution in [0.5, 0.6) is 0 Å². The molecule has 90 valence electrons. The first-order chi connectivity index (χ1) is 8.22. The zero-order valence-corrected chi connectivity index (χ0v) is 9.54. The molecule has 1 unspecified atom stereocenters. The second kappa shape index (κ2) is 4.97. The minimum Gasteiger partial charge on any atom is -0.467 e. The molecule has 0 saturated heterocycles. The van der Waals surface area contributed by atoms with E-state index in [0.29, 0.717) is 5.56 Å². The van der Waals surface area contributed by atoms with Gasteiger partial charge in [0.2, 0.25) is 0 Å². The number of rotatable bonds is 3. The third kappa shape index (κ3) is 2.45. The van der Waals surface area contributed by atoms with Crippen LogP contribution >= 0.6 is 0 Å². The van der Waals surface area contributed by atoms with E-state index in [1.807, 2.05) is 11.0 Å². The van der Waals surface area contributed by atoms with Gasteiger partial charge in [-0.05, 0) is 17.7 Å². The normalized spacial score (nSPS) is 16.0. The molecule has 1 aliphatic heterocycles. The number of hydrogen-bond donors (Lipinski definition) is 1. The zero-order chi connectivity index (χ0) is 12.3. The van der Waals surface area contributed by atoms with Crippen molar-refractivity contribution in [2.75, 3.05) is 25.1 Å². The summed E-state index contributed by atoms with van der Waals surface area (Å²) in [6.45, 7) is 1.58. The van der Waals surface area contributed by atoms with E-state index in [-0.39, 0.29) is 0 Å². The summed E-state index contributed by atoms with van der Waals surface area (Å²) in [5.74, 6) is -0.655. The molecule has 5 heteroatoms. The van der Waals surface area contributed by atoms with Crippen molar-refractivity contribution in [1.82, 2.24) is 0 Å². The van der Waals surface area contributed by atoms with Crippen LogP contribution in [0.4, 0.5) is 5.69 Å². The van der Waals surface area contributed by atoms with Crippen LogP contribution in [0, 0.1) is 0 Å². The fraction of sp³-hybridized carbons (Fsp3) is 0.333. The van der Waals surface area contributed by atoms with Crippen molar-refractivity contribution in [3.63, 3.8) is 0 Å². The third-order valence-corrected chi connectivity index (χ3v) is 2.63. The van der Waals surface area contributed by atoms with Crippen LogP contribution in [0.3, 0.4) is 0 Å². The predicted molar refractivity (Wildman–Crippen MR) is 64.1 cm³/mol. The lowest BCUT2D eigenvalue weighted by molar-refractivity contribution is -0.150. The summed E-state index contributed by atoms with van der Waals surface area (Å²) in [6.07, 6.45) is 0.517. The topological polar surface area (TPSA) is 62.1 Å². The molecule has 0 fully saturated rings. The second-order valence-electron chi connectivity index (χ2n) is 3.74. The number of aliphatic hydroxyl groups excluding tert-OH is 1. The Morgan fingerprint density at radius 3 is 3.06 bits per heavy atom. The molecule has 1 N–H and O–H groups in total. The molecule has 0 saturated carbocycles. The third-order valence-electron chi connectivity index (χ3n) is 2.63. The Morgan fingerprint density at radius 1 is 1.59 bits per heavy atom. The van der Waals surface area contributed by atoms with Crippen LogP contribution in [0.2, 0.25) is 0 Å². The van der Waals surface area contributed by atoms with Crippen molar-refractivity contribution < 1.29 is 14.6 Å². The average molecular weight is 234 g/mol. The van der Waals surface area contributed by atoms with Crippen LogP contribution in [-0.4, -0.2) is 37.6 Å². The number of anilines is 1. The van der Waals surface area contributed by atoms with Crippen LogP contribution in [-0.2, 0) is 9.53 Å². The number of carbonyl (C=O) groups is 1. The van der Waals surface area contributed by atoms with Crippen molar-refractivity contribution >= 4 is 18.0 Å². The fourth-order valence-electron chi connectivity index (χ4n) is 1.70. The maximum Gasteiger partial charge on any atom is 0.339 e. The number of nitrogens with zero attached hydrogens (tertiary/aromatic N) is 2. The highest BCUT2D eigenvalue weighted by atomic mass is 16.5. The number of esters is 1. The van der Waals surface area contributed by atoms with Crippen molar-refractivity contribution in [3.8, 4) is 0 Å². The summed E-state index contributed by atoms with van der Waals surface area (Å²) in [6, 6.07) is 7.16. The summed E-state index contributed by atoms with van der Waals surface area (Å²) < 4.78 is 4.50. The number of carbonyl (C=O) groups excluding carboxylic acids is 1. The van der Waals surface area contributed by atoms with Gasteiger partial charge < -0.3 is 14.7 Å².